The minimum atomic E-state index is -0.323. The third-order valence-electron chi connectivity index (χ3n) is 3.14. The molecular formula is C17H18ClN3O2. The first-order chi connectivity index (χ1) is 11.1. The second-order valence-electron chi connectivity index (χ2n) is 5.00. The van der Waals surface area contributed by atoms with Gasteiger partial charge in [0.2, 0.25) is 11.8 Å². The van der Waals surface area contributed by atoms with Crippen molar-refractivity contribution >= 4 is 23.4 Å². The van der Waals surface area contributed by atoms with Crippen molar-refractivity contribution in [2.45, 2.75) is 19.4 Å². The summed E-state index contributed by atoms with van der Waals surface area (Å²) in [5.74, 6) is -0.624. The van der Waals surface area contributed by atoms with Gasteiger partial charge in [-0.05, 0) is 36.2 Å². The van der Waals surface area contributed by atoms with Gasteiger partial charge in [0, 0.05) is 17.8 Å². The highest BCUT2D eigenvalue weighted by atomic mass is 35.5. The lowest BCUT2D eigenvalue weighted by atomic mass is 10.1. The van der Waals surface area contributed by atoms with Crippen LogP contribution >= 0.6 is 11.6 Å². The van der Waals surface area contributed by atoms with E-state index in [1.165, 1.54) is 0 Å². The number of hydrogen-bond donors (Lipinski definition) is 2. The molecule has 1 aromatic heterocycles. The Morgan fingerprint density at radius 3 is 2.61 bits per heavy atom. The molecule has 23 heavy (non-hydrogen) atoms. The van der Waals surface area contributed by atoms with Crippen LogP contribution in [-0.4, -0.2) is 23.3 Å². The molecule has 0 aliphatic rings. The van der Waals surface area contributed by atoms with Gasteiger partial charge >= 0.3 is 0 Å². The zero-order chi connectivity index (χ0) is 16.5. The summed E-state index contributed by atoms with van der Waals surface area (Å²) in [4.78, 5) is 27.5. The third-order valence-corrected chi connectivity index (χ3v) is 3.37. The normalized spacial score (nSPS) is 10.1. The molecule has 2 aromatic rings. The second-order valence-corrected chi connectivity index (χ2v) is 5.44. The molecule has 120 valence electrons. The van der Waals surface area contributed by atoms with Crippen molar-refractivity contribution in [3.05, 3.63) is 64.9 Å². The van der Waals surface area contributed by atoms with Crippen LogP contribution in [0.5, 0.6) is 0 Å². The van der Waals surface area contributed by atoms with Crippen LogP contribution in [0.2, 0.25) is 5.02 Å². The fourth-order valence-electron chi connectivity index (χ4n) is 2.00. The van der Waals surface area contributed by atoms with E-state index in [0.29, 0.717) is 24.5 Å². The standard InChI is InChI=1S/C17H18ClN3O2/c18-14-5-3-4-13(10-14)7-9-20-16(22)11-17(23)21-12-15-6-1-2-8-19-15/h1-6,8,10H,7,9,11-12H2,(H,20,22)(H,21,23). The Morgan fingerprint density at radius 1 is 1.04 bits per heavy atom. The van der Waals surface area contributed by atoms with E-state index in [9.17, 15) is 9.59 Å². The number of nitrogens with zero attached hydrogens (tertiary/aromatic N) is 1. The highest BCUT2D eigenvalue weighted by Crippen LogP contribution is 2.10. The van der Waals surface area contributed by atoms with Gasteiger partial charge in [0.05, 0.1) is 12.2 Å². The summed E-state index contributed by atoms with van der Waals surface area (Å²) < 4.78 is 0. The molecule has 0 aliphatic carbocycles. The van der Waals surface area contributed by atoms with E-state index in [4.69, 9.17) is 11.6 Å². The van der Waals surface area contributed by atoms with E-state index in [1.54, 1.807) is 18.3 Å². The van der Waals surface area contributed by atoms with Gasteiger partial charge in [-0.25, -0.2) is 0 Å². The zero-order valence-corrected chi connectivity index (χ0v) is 13.3. The molecule has 0 spiro atoms. The van der Waals surface area contributed by atoms with Crippen LogP contribution < -0.4 is 10.6 Å². The topological polar surface area (TPSA) is 71.1 Å². The molecular weight excluding hydrogens is 314 g/mol. The summed E-state index contributed by atoms with van der Waals surface area (Å²) in [6.45, 7) is 0.780. The number of hydrogen-bond acceptors (Lipinski definition) is 3. The SMILES string of the molecule is O=C(CC(=O)NCc1ccccn1)NCCc1cccc(Cl)c1. The number of nitrogens with one attached hydrogen (secondary N) is 2. The molecule has 2 rings (SSSR count). The van der Waals surface area contributed by atoms with Gasteiger partial charge in [-0.2, -0.15) is 0 Å². The molecule has 0 saturated carbocycles. The first-order valence-corrected chi connectivity index (χ1v) is 7.69. The monoisotopic (exact) mass is 331 g/mol. The van der Waals surface area contributed by atoms with Crippen LogP contribution in [0.25, 0.3) is 0 Å². The number of rotatable bonds is 7. The minimum Gasteiger partial charge on any atom is -0.355 e. The number of carbonyl (C=O) groups excluding carboxylic acids is 2. The highest BCUT2D eigenvalue weighted by molar-refractivity contribution is 6.30. The van der Waals surface area contributed by atoms with Crippen molar-refractivity contribution in [1.82, 2.24) is 15.6 Å². The Kier molecular flexibility index (Phi) is 6.56. The number of aromatic nitrogens is 1. The van der Waals surface area contributed by atoms with Crippen molar-refractivity contribution < 1.29 is 9.59 Å². The molecule has 0 radical (unpaired) electrons. The number of benzene rings is 1. The van der Waals surface area contributed by atoms with E-state index < -0.39 is 0 Å². The quantitative estimate of drug-likeness (QED) is 0.763. The highest BCUT2D eigenvalue weighted by Gasteiger charge is 2.08. The van der Waals surface area contributed by atoms with Crippen LogP contribution in [0.15, 0.2) is 48.7 Å². The Balaban J connectivity index is 1.65. The minimum absolute atomic E-state index is 0.192. The van der Waals surface area contributed by atoms with Gasteiger partial charge in [0.25, 0.3) is 0 Å². The smallest absolute Gasteiger partial charge is 0.229 e. The Hall–Kier alpha value is -2.40. The van der Waals surface area contributed by atoms with Crippen LogP contribution in [-0.2, 0) is 22.6 Å². The second kappa shape index (κ2) is 8.90. The van der Waals surface area contributed by atoms with Crippen molar-refractivity contribution in [3.8, 4) is 0 Å². The van der Waals surface area contributed by atoms with Crippen LogP contribution in [0.4, 0.5) is 0 Å². The molecule has 2 N–H and O–H groups in total. The third kappa shape index (κ3) is 6.48. The van der Waals surface area contributed by atoms with Crippen molar-refractivity contribution in [2.24, 2.45) is 0 Å². The lowest BCUT2D eigenvalue weighted by Crippen LogP contribution is -2.32. The lowest BCUT2D eigenvalue weighted by Gasteiger charge is -2.07. The predicted molar refractivity (Wildman–Crippen MR) is 88.9 cm³/mol. The maximum absolute atomic E-state index is 11.7. The Bertz CT molecular complexity index is 662. The van der Waals surface area contributed by atoms with Crippen molar-refractivity contribution in [1.29, 1.82) is 0 Å². The number of amides is 2. The summed E-state index contributed by atoms with van der Waals surface area (Å²) in [5.41, 5.74) is 1.79. The zero-order valence-electron chi connectivity index (χ0n) is 12.6. The summed E-state index contributed by atoms with van der Waals surface area (Å²) in [6, 6.07) is 12.9. The molecule has 0 unspecified atom stereocenters. The van der Waals surface area contributed by atoms with Gasteiger partial charge in [-0.3, -0.25) is 14.6 Å². The fraction of sp³-hybridized carbons (Fsp3) is 0.235. The van der Waals surface area contributed by atoms with E-state index in [-0.39, 0.29) is 18.2 Å². The number of pyridine rings is 1. The number of carbonyl (C=O) groups is 2. The van der Waals surface area contributed by atoms with Crippen LogP contribution in [0.3, 0.4) is 0 Å². The van der Waals surface area contributed by atoms with Crippen molar-refractivity contribution in [3.63, 3.8) is 0 Å². The molecule has 2 amide bonds. The van der Waals surface area contributed by atoms with Gasteiger partial charge < -0.3 is 10.6 Å². The first kappa shape index (κ1) is 17.0. The summed E-state index contributed by atoms with van der Waals surface area (Å²) in [7, 11) is 0. The lowest BCUT2D eigenvalue weighted by molar-refractivity contribution is -0.129. The van der Waals surface area contributed by atoms with Gasteiger partial charge in [0.1, 0.15) is 6.42 Å². The molecule has 0 fully saturated rings. The first-order valence-electron chi connectivity index (χ1n) is 7.31. The molecule has 0 atom stereocenters. The van der Waals surface area contributed by atoms with Crippen LogP contribution in [0, 0.1) is 0 Å². The molecule has 1 aromatic carbocycles. The largest absolute Gasteiger partial charge is 0.355 e. The van der Waals surface area contributed by atoms with Gasteiger partial charge in [-0.15, -0.1) is 0 Å². The van der Waals surface area contributed by atoms with Gasteiger partial charge in [-0.1, -0.05) is 29.8 Å². The maximum Gasteiger partial charge on any atom is 0.229 e. The number of halogens is 1. The average Bonchev–Trinajstić information content (AvgIpc) is 2.54. The molecule has 6 heteroatoms. The predicted octanol–water partition coefficient (Wildman–Crippen LogP) is 2.10. The maximum atomic E-state index is 11.7. The molecule has 1 heterocycles. The van der Waals surface area contributed by atoms with Crippen LogP contribution in [0.1, 0.15) is 17.7 Å². The summed E-state index contributed by atoms with van der Waals surface area (Å²) >= 11 is 5.90. The van der Waals surface area contributed by atoms with E-state index >= 15 is 0 Å². The summed E-state index contributed by atoms with van der Waals surface area (Å²) in [6.07, 6.45) is 2.13. The fourth-order valence-corrected chi connectivity index (χ4v) is 2.21. The van der Waals surface area contributed by atoms with Crippen molar-refractivity contribution in [2.75, 3.05) is 6.54 Å². The van der Waals surface area contributed by atoms with Gasteiger partial charge in [0.15, 0.2) is 0 Å². The molecule has 0 bridgehead atoms. The van der Waals surface area contributed by atoms with E-state index in [0.717, 1.165) is 11.3 Å². The summed E-state index contributed by atoms with van der Waals surface area (Å²) in [5, 5.41) is 6.06. The average molecular weight is 332 g/mol. The molecule has 0 aliphatic heterocycles. The van der Waals surface area contributed by atoms with E-state index in [1.807, 2.05) is 30.3 Å². The Labute approximate surface area is 140 Å². The Morgan fingerprint density at radius 2 is 1.87 bits per heavy atom. The van der Waals surface area contributed by atoms with E-state index in [2.05, 4.69) is 15.6 Å². The molecule has 5 nitrogen and oxygen atoms in total. The molecule has 0 saturated heterocycles.